The number of rotatable bonds is 10. The van der Waals surface area contributed by atoms with Crippen LogP contribution in [-0.2, 0) is 9.59 Å². The van der Waals surface area contributed by atoms with Gasteiger partial charge in [-0.3, -0.25) is 14.9 Å². The van der Waals surface area contributed by atoms with Crippen LogP contribution in [0.3, 0.4) is 0 Å². The lowest BCUT2D eigenvalue weighted by Gasteiger charge is -2.18. The maximum absolute atomic E-state index is 12.4. The van der Waals surface area contributed by atoms with Crippen molar-refractivity contribution in [1.82, 2.24) is 15.5 Å². The van der Waals surface area contributed by atoms with E-state index in [0.29, 0.717) is 10.1 Å². The number of aromatic nitrogens is 2. The van der Waals surface area contributed by atoms with Gasteiger partial charge in [0, 0.05) is 11.5 Å². The fourth-order valence-electron chi connectivity index (χ4n) is 2.71. The summed E-state index contributed by atoms with van der Waals surface area (Å²) in [6.07, 6.45) is 3.66. The summed E-state index contributed by atoms with van der Waals surface area (Å²) < 4.78 is 5.14. The average molecular weight is 405 g/mol. The Bertz CT molecular complexity index is 776. The van der Waals surface area contributed by atoms with Crippen LogP contribution in [0.15, 0.2) is 24.3 Å². The molecule has 1 aromatic carbocycles. The van der Waals surface area contributed by atoms with Gasteiger partial charge in [0.2, 0.25) is 16.9 Å². The normalized spacial score (nSPS) is 12.9. The van der Waals surface area contributed by atoms with E-state index >= 15 is 0 Å². The van der Waals surface area contributed by atoms with E-state index in [1.165, 1.54) is 11.3 Å². The van der Waals surface area contributed by atoms with Gasteiger partial charge in [0.15, 0.2) is 0 Å². The van der Waals surface area contributed by atoms with Crippen LogP contribution >= 0.6 is 11.3 Å². The number of ether oxygens (including phenoxy) is 1. The topological polar surface area (TPSA) is 93.2 Å². The quantitative estimate of drug-likeness (QED) is 0.627. The highest BCUT2D eigenvalue weighted by Crippen LogP contribution is 2.27. The SMILES string of the molecule is CCCC[C@@H](CC)C(=O)N[C@H](C)C(=O)Nc1nnc(-c2ccc(OC)cc2)s1. The minimum absolute atomic E-state index is 0.0570. The maximum Gasteiger partial charge on any atom is 0.248 e. The van der Waals surface area contributed by atoms with Crippen molar-refractivity contribution in [2.75, 3.05) is 12.4 Å². The van der Waals surface area contributed by atoms with Gasteiger partial charge in [0.25, 0.3) is 0 Å². The molecule has 1 heterocycles. The summed E-state index contributed by atoms with van der Waals surface area (Å²) in [5.41, 5.74) is 0.891. The number of amides is 2. The molecule has 0 aliphatic rings. The third-order valence-corrected chi connectivity index (χ3v) is 5.40. The van der Waals surface area contributed by atoms with Gasteiger partial charge in [-0.2, -0.15) is 0 Å². The lowest BCUT2D eigenvalue weighted by Crippen LogP contribution is -2.44. The Labute approximate surface area is 169 Å². The molecule has 2 amide bonds. The van der Waals surface area contributed by atoms with Gasteiger partial charge >= 0.3 is 0 Å². The first-order chi connectivity index (χ1) is 13.5. The monoisotopic (exact) mass is 404 g/mol. The Morgan fingerprint density at radius 3 is 2.46 bits per heavy atom. The number of carbonyl (C=O) groups is 2. The molecule has 0 aliphatic carbocycles. The van der Waals surface area contributed by atoms with Crippen molar-refractivity contribution in [2.24, 2.45) is 5.92 Å². The summed E-state index contributed by atoms with van der Waals surface area (Å²) in [7, 11) is 1.61. The summed E-state index contributed by atoms with van der Waals surface area (Å²) in [6.45, 7) is 5.76. The van der Waals surface area contributed by atoms with Crippen LogP contribution in [-0.4, -0.2) is 35.2 Å². The number of hydrogen-bond donors (Lipinski definition) is 2. The average Bonchev–Trinajstić information content (AvgIpc) is 3.17. The lowest BCUT2D eigenvalue weighted by molar-refractivity contribution is -0.129. The molecule has 0 unspecified atom stereocenters. The Kier molecular flexibility index (Phi) is 8.38. The van der Waals surface area contributed by atoms with Crippen molar-refractivity contribution in [3.8, 4) is 16.3 Å². The molecule has 152 valence electrons. The number of benzene rings is 1. The van der Waals surface area contributed by atoms with E-state index in [2.05, 4.69) is 27.8 Å². The van der Waals surface area contributed by atoms with E-state index in [1.807, 2.05) is 31.2 Å². The molecule has 0 bridgehead atoms. The zero-order chi connectivity index (χ0) is 20.5. The van der Waals surface area contributed by atoms with Gasteiger partial charge in [0.05, 0.1) is 7.11 Å². The van der Waals surface area contributed by atoms with Crippen LogP contribution in [0.2, 0.25) is 0 Å². The van der Waals surface area contributed by atoms with Crippen molar-refractivity contribution >= 4 is 28.3 Å². The highest BCUT2D eigenvalue weighted by Gasteiger charge is 2.22. The molecule has 0 aliphatic heterocycles. The van der Waals surface area contributed by atoms with E-state index < -0.39 is 6.04 Å². The largest absolute Gasteiger partial charge is 0.497 e. The van der Waals surface area contributed by atoms with Crippen molar-refractivity contribution < 1.29 is 14.3 Å². The molecule has 2 aromatic rings. The Morgan fingerprint density at radius 2 is 1.86 bits per heavy atom. The van der Waals surface area contributed by atoms with Gasteiger partial charge in [-0.25, -0.2) is 0 Å². The van der Waals surface area contributed by atoms with Crippen molar-refractivity contribution in [2.45, 2.75) is 52.5 Å². The molecule has 0 saturated heterocycles. The van der Waals surface area contributed by atoms with Crippen LogP contribution in [0.25, 0.3) is 10.6 Å². The maximum atomic E-state index is 12.4. The van der Waals surface area contributed by atoms with E-state index in [1.54, 1.807) is 14.0 Å². The van der Waals surface area contributed by atoms with Gasteiger partial charge in [-0.05, 0) is 44.0 Å². The molecule has 0 fully saturated rings. The highest BCUT2D eigenvalue weighted by molar-refractivity contribution is 7.18. The predicted molar refractivity (Wildman–Crippen MR) is 111 cm³/mol. The van der Waals surface area contributed by atoms with Crippen LogP contribution < -0.4 is 15.4 Å². The van der Waals surface area contributed by atoms with Gasteiger partial charge in [0.1, 0.15) is 16.8 Å². The molecular weight excluding hydrogens is 376 g/mol. The number of hydrogen-bond acceptors (Lipinski definition) is 6. The number of nitrogens with zero attached hydrogens (tertiary/aromatic N) is 2. The fraction of sp³-hybridized carbons (Fsp3) is 0.500. The number of carbonyl (C=O) groups excluding carboxylic acids is 2. The summed E-state index contributed by atoms with van der Waals surface area (Å²) in [4.78, 5) is 24.8. The number of nitrogens with one attached hydrogen (secondary N) is 2. The number of methoxy groups -OCH3 is 1. The van der Waals surface area contributed by atoms with E-state index in [0.717, 1.165) is 37.0 Å². The number of unbranched alkanes of at least 4 members (excludes halogenated alkanes) is 1. The molecule has 8 heteroatoms. The zero-order valence-corrected chi connectivity index (χ0v) is 17.6. The Balaban J connectivity index is 1.93. The van der Waals surface area contributed by atoms with Gasteiger partial charge in [-0.15, -0.1) is 10.2 Å². The molecule has 7 nitrogen and oxygen atoms in total. The minimum Gasteiger partial charge on any atom is -0.497 e. The standard InChI is InChI=1S/C20H28N4O3S/c1-5-7-8-14(6-2)18(26)21-13(3)17(25)22-20-24-23-19(28-20)15-9-11-16(27-4)12-10-15/h9-14H,5-8H2,1-4H3,(H,21,26)(H,22,24,25)/t13-,14-/m1/s1. The van der Waals surface area contributed by atoms with Crippen LogP contribution in [0, 0.1) is 5.92 Å². The smallest absolute Gasteiger partial charge is 0.248 e. The third kappa shape index (κ3) is 6.02. The molecule has 2 atom stereocenters. The number of anilines is 1. The van der Waals surface area contributed by atoms with Crippen LogP contribution in [0.4, 0.5) is 5.13 Å². The molecule has 0 saturated carbocycles. The zero-order valence-electron chi connectivity index (χ0n) is 16.8. The molecule has 0 radical (unpaired) electrons. The molecule has 28 heavy (non-hydrogen) atoms. The van der Waals surface area contributed by atoms with E-state index in [9.17, 15) is 9.59 Å². The first-order valence-electron chi connectivity index (χ1n) is 9.57. The molecular formula is C20H28N4O3S. The van der Waals surface area contributed by atoms with Crippen molar-refractivity contribution in [3.63, 3.8) is 0 Å². The first-order valence-corrected chi connectivity index (χ1v) is 10.4. The second-order valence-electron chi connectivity index (χ2n) is 6.61. The Morgan fingerprint density at radius 1 is 1.14 bits per heavy atom. The van der Waals surface area contributed by atoms with E-state index in [-0.39, 0.29) is 17.7 Å². The molecule has 1 aromatic heterocycles. The lowest BCUT2D eigenvalue weighted by atomic mass is 9.98. The Hall–Kier alpha value is -2.48. The summed E-state index contributed by atoms with van der Waals surface area (Å²) >= 11 is 1.28. The first kappa shape index (κ1) is 21.8. The van der Waals surface area contributed by atoms with Gasteiger partial charge < -0.3 is 10.1 Å². The highest BCUT2D eigenvalue weighted by atomic mass is 32.1. The van der Waals surface area contributed by atoms with Gasteiger partial charge in [-0.1, -0.05) is 38.0 Å². The van der Waals surface area contributed by atoms with E-state index in [4.69, 9.17) is 4.74 Å². The van der Waals surface area contributed by atoms with Crippen molar-refractivity contribution in [3.05, 3.63) is 24.3 Å². The van der Waals surface area contributed by atoms with Crippen LogP contribution in [0.1, 0.15) is 46.5 Å². The molecule has 2 rings (SSSR count). The van der Waals surface area contributed by atoms with Crippen molar-refractivity contribution in [1.29, 1.82) is 0 Å². The second kappa shape index (κ2) is 10.8. The molecule has 2 N–H and O–H groups in total. The predicted octanol–water partition coefficient (Wildman–Crippen LogP) is 3.87. The fourth-order valence-corrected chi connectivity index (χ4v) is 3.46. The minimum atomic E-state index is -0.642. The third-order valence-electron chi connectivity index (χ3n) is 4.51. The summed E-state index contributed by atoms with van der Waals surface area (Å²) in [5.74, 6) is 0.319. The summed E-state index contributed by atoms with van der Waals surface area (Å²) in [5, 5.41) is 14.8. The van der Waals surface area contributed by atoms with Crippen LogP contribution in [0.5, 0.6) is 5.75 Å². The summed E-state index contributed by atoms with van der Waals surface area (Å²) in [6, 6.07) is 6.81. The molecule has 0 spiro atoms. The second-order valence-corrected chi connectivity index (χ2v) is 7.59.